The number of hydrogen-bond donors (Lipinski definition) is 2. The number of rotatable bonds is 8. The Hall–Kier alpha value is -1.66. The maximum Gasteiger partial charge on any atom is 0.269 e. The summed E-state index contributed by atoms with van der Waals surface area (Å²) in [6.07, 6.45) is 2.08. The van der Waals surface area contributed by atoms with Gasteiger partial charge in [-0.1, -0.05) is 13.3 Å². The average molecular weight is 267 g/mol. The van der Waals surface area contributed by atoms with Gasteiger partial charge in [0.05, 0.1) is 11.5 Å². The van der Waals surface area contributed by atoms with Crippen LogP contribution in [0.15, 0.2) is 18.2 Å². The largest absolute Gasteiger partial charge is 0.398 e. The van der Waals surface area contributed by atoms with Gasteiger partial charge in [-0.25, -0.2) is 0 Å². The molecule has 1 rings (SSSR count). The first-order valence-electron chi connectivity index (χ1n) is 6.44. The van der Waals surface area contributed by atoms with Gasteiger partial charge >= 0.3 is 0 Å². The fourth-order valence-electron chi connectivity index (χ4n) is 1.88. The number of unbranched alkanes of at least 4 members (excludes halogenated alkanes) is 1. The molecular formula is C13H21N3O3. The van der Waals surface area contributed by atoms with E-state index in [9.17, 15) is 10.1 Å². The summed E-state index contributed by atoms with van der Waals surface area (Å²) in [6.45, 7) is 4.08. The highest BCUT2D eigenvalue weighted by Gasteiger charge is 2.12. The van der Waals surface area contributed by atoms with Gasteiger partial charge in [-0.2, -0.15) is 0 Å². The van der Waals surface area contributed by atoms with E-state index in [0.29, 0.717) is 18.8 Å². The lowest BCUT2D eigenvalue weighted by atomic mass is 10.1. The zero-order chi connectivity index (χ0) is 14.3. The normalized spacial score (nSPS) is 10.9. The standard InChI is InChI=1S/C13H21N3O3/c1-2-3-6-15(7-8-17)10-11-9-12(16(18)19)4-5-13(11)14/h4-5,9,17H,2-3,6-8,10,14H2,1H3. The van der Waals surface area contributed by atoms with E-state index < -0.39 is 4.92 Å². The Morgan fingerprint density at radius 1 is 1.42 bits per heavy atom. The van der Waals surface area contributed by atoms with Gasteiger partial charge in [-0.15, -0.1) is 0 Å². The second-order valence-electron chi connectivity index (χ2n) is 4.49. The van der Waals surface area contributed by atoms with Crippen LogP contribution in [0.25, 0.3) is 0 Å². The lowest BCUT2D eigenvalue weighted by molar-refractivity contribution is -0.384. The second-order valence-corrected chi connectivity index (χ2v) is 4.49. The van der Waals surface area contributed by atoms with E-state index in [0.717, 1.165) is 24.9 Å². The van der Waals surface area contributed by atoms with Crippen molar-refractivity contribution in [2.75, 3.05) is 25.4 Å². The van der Waals surface area contributed by atoms with Gasteiger partial charge in [0.15, 0.2) is 0 Å². The van der Waals surface area contributed by atoms with Crippen molar-refractivity contribution in [1.82, 2.24) is 4.90 Å². The molecule has 106 valence electrons. The molecule has 3 N–H and O–H groups in total. The van der Waals surface area contributed by atoms with Gasteiger partial charge in [-0.3, -0.25) is 15.0 Å². The molecule has 19 heavy (non-hydrogen) atoms. The van der Waals surface area contributed by atoms with Crippen molar-refractivity contribution in [2.45, 2.75) is 26.3 Å². The minimum absolute atomic E-state index is 0.0450. The second kappa shape index (κ2) is 7.70. The summed E-state index contributed by atoms with van der Waals surface area (Å²) >= 11 is 0. The van der Waals surface area contributed by atoms with Crippen molar-refractivity contribution in [3.05, 3.63) is 33.9 Å². The first kappa shape index (κ1) is 15.4. The van der Waals surface area contributed by atoms with Gasteiger partial charge in [0.1, 0.15) is 0 Å². The third-order valence-corrected chi connectivity index (χ3v) is 2.98. The molecule has 0 heterocycles. The maximum atomic E-state index is 10.8. The van der Waals surface area contributed by atoms with Gasteiger partial charge < -0.3 is 10.8 Å². The molecule has 0 aliphatic heterocycles. The van der Waals surface area contributed by atoms with Crippen LogP contribution >= 0.6 is 0 Å². The number of hydrogen-bond acceptors (Lipinski definition) is 5. The number of nitrogen functional groups attached to an aromatic ring is 1. The Kier molecular flexibility index (Phi) is 6.24. The third kappa shape index (κ3) is 4.84. The van der Waals surface area contributed by atoms with Gasteiger partial charge in [0, 0.05) is 30.9 Å². The first-order valence-corrected chi connectivity index (χ1v) is 6.44. The fraction of sp³-hybridized carbons (Fsp3) is 0.538. The van der Waals surface area contributed by atoms with E-state index >= 15 is 0 Å². The monoisotopic (exact) mass is 267 g/mol. The van der Waals surface area contributed by atoms with Crippen LogP contribution in [0.5, 0.6) is 0 Å². The van der Waals surface area contributed by atoms with Crippen LogP contribution in [0.4, 0.5) is 11.4 Å². The Morgan fingerprint density at radius 3 is 2.74 bits per heavy atom. The van der Waals surface area contributed by atoms with Crippen LogP contribution in [-0.2, 0) is 6.54 Å². The molecule has 0 aliphatic rings. The predicted octanol–water partition coefficient (Wildman–Crippen LogP) is 1.77. The third-order valence-electron chi connectivity index (χ3n) is 2.98. The molecule has 0 saturated heterocycles. The summed E-state index contributed by atoms with van der Waals surface area (Å²) in [4.78, 5) is 12.4. The van der Waals surface area contributed by atoms with Crippen LogP contribution in [0.2, 0.25) is 0 Å². The molecule has 0 aromatic heterocycles. The van der Waals surface area contributed by atoms with Gasteiger partial charge in [-0.05, 0) is 24.6 Å². The van der Waals surface area contributed by atoms with Crippen molar-refractivity contribution in [2.24, 2.45) is 0 Å². The molecule has 0 bridgehead atoms. The number of anilines is 1. The topological polar surface area (TPSA) is 92.6 Å². The van der Waals surface area contributed by atoms with Crippen LogP contribution in [0.1, 0.15) is 25.3 Å². The Bertz CT molecular complexity index is 424. The van der Waals surface area contributed by atoms with E-state index in [2.05, 4.69) is 11.8 Å². The summed E-state index contributed by atoms with van der Waals surface area (Å²) in [7, 11) is 0. The zero-order valence-electron chi connectivity index (χ0n) is 11.2. The molecule has 1 aromatic rings. The van der Waals surface area contributed by atoms with E-state index in [4.69, 9.17) is 10.8 Å². The fourth-order valence-corrected chi connectivity index (χ4v) is 1.88. The molecule has 6 heteroatoms. The van der Waals surface area contributed by atoms with E-state index in [1.807, 2.05) is 0 Å². The zero-order valence-corrected chi connectivity index (χ0v) is 11.2. The highest BCUT2D eigenvalue weighted by atomic mass is 16.6. The smallest absolute Gasteiger partial charge is 0.269 e. The van der Waals surface area contributed by atoms with Gasteiger partial charge in [0.25, 0.3) is 5.69 Å². The number of nitrogens with zero attached hydrogens (tertiary/aromatic N) is 2. The van der Waals surface area contributed by atoms with Crippen LogP contribution in [-0.4, -0.2) is 34.6 Å². The molecule has 0 unspecified atom stereocenters. The molecule has 0 saturated carbocycles. The molecule has 0 fully saturated rings. The minimum atomic E-state index is -0.425. The Morgan fingerprint density at radius 2 is 2.16 bits per heavy atom. The Labute approximate surface area is 113 Å². The summed E-state index contributed by atoms with van der Waals surface area (Å²) < 4.78 is 0. The number of nitro groups is 1. The van der Waals surface area contributed by atoms with Crippen molar-refractivity contribution in [1.29, 1.82) is 0 Å². The molecule has 0 atom stereocenters. The van der Waals surface area contributed by atoms with Crippen LogP contribution < -0.4 is 5.73 Å². The quantitative estimate of drug-likeness (QED) is 0.425. The summed E-state index contributed by atoms with van der Waals surface area (Å²) in [6, 6.07) is 4.47. The minimum Gasteiger partial charge on any atom is -0.398 e. The predicted molar refractivity (Wildman–Crippen MR) is 74.8 cm³/mol. The molecule has 6 nitrogen and oxygen atoms in total. The van der Waals surface area contributed by atoms with E-state index in [1.54, 1.807) is 6.07 Å². The molecule has 1 aromatic carbocycles. The molecule has 0 amide bonds. The molecule has 0 spiro atoms. The lowest BCUT2D eigenvalue weighted by Crippen LogP contribution is -2.28. The van der Waals surface area contributed by atoms with E-state index in [-0.39, 0.29) is 12.3 Å². The van der Waals surface area contributed by atoms with Crippen molar-refractivity contribution in [3.8, 4) is 0 Å². The van der Waals surface area contributed by atoms with Crippen molar-refractivity contribution < 1.29 is 10.0 Å². The maximum absolute atomic E-state index is 10.8. The van der Waals surface area contributed by atoms with Gasteiger partial charge in [0.2, 0.25) is 0 Å². The summed E-state index contributed by atoms with van der Waals surface area (Å²) in [5.41, 5.74) is 7.18. The lowest BCUT2D eigenvalue weighted by Gasteiger charge is -2.21. The number of aliphatic hydroxyl groups excluding tert-OH is 1. The molecule has 0 radical (unpaired) electrons. The number of benzene rings is 1. The number of nitrogens with two attached hydrogens (primary N) is 1. The number of non-ortho nitro benzene ring substituents is 1. The van der Waals surface area contributed by atoms with Crippen molar-refractivity contribution >= 4 is 11.4 Å². The van der Waals surface area contributed by atoms with Crippen LogP contribution in [0.3, 0.4) is 0 Å². The number of aliphatic hydroxyl groups is 1. The molecular weight excluding hydrogens is 246 g/mol. The van der Waals surface area contributed by atoms with Crippen molar-refractivity contribution in [3.63, 3.8) is 0 Å². The SMILES string of the molecule is CCCCN(CCO)Cc1cc([N+](=O)[O-])ccc1N. The summed E-state index contributed by atoms with van der Waals surface area (Å²) in [5, 5.41) is 19.8. The number of nitro benzene ring substituents is 1. The first-order chi connectivity index (χ1) is 9.08. The summed E-state index contributed by atoms with van der Waals surface area (Å²) in [5.74, 6) is 0. The average Bonchev–Trinajstić information content (AvgIpc) is 2.38. The van der Waals surface area contributed by atoms with Crippen LogP contribution in [0, 0.1) is 10.1 Å². The van der Waals surface area contributed by atoms with E-state index in [1.165, 1.54) is 12.1 Å². The highest BCUT2D eigenvalue weighted by molar-refractivity contribution is 5.52. The Balaban J connectivity index is 2.81. The molecule has 0 aliphatic carbocycles. The highest BCUT2D eigenvalue weighted by Crippen LogP contribution is 2.21.